The number of hydrogen-bond acceptors (Lipinski definition) is 6. The van der Waals surface area contributed by atoms with E-state index in [4.69, 9.17) is 14.2 Å². The van der Waals surface area contributed by atoms with Crippen LogP contribution in [0.4, 0.5) is 0 Å². The zero-order valence-corrected chi connectivity index (χ0v) is 34.9. The molecule has 0 aliphatic rings. The number of rotatable bonds is 36. The summed E-state index contributed by atoms with van der Waals surface area (Å²) in [6.45, 7) is 6.20. The van der Waals surface area contributed by atoms with Gasteiger partial charge in [0.1, 0.15) is 13.2 Å². The molecular weight excluding hydrogens is 685 g/mol. The van der Waals surface area contributed by atoms with E-state index in [-0.39, 0.29) is 37.5 Å². The Kier molecular flexibility index (Phi) is 39.7. The van der Waals surface area contributed by atoms with Crippen molar-refractivity contribution in [3.63, 3.8) is 0 Å². The highest BCUT2D eigenvalue weighted by molar-refractivity contribution is 5.71. The molecule has 0 aromatic heterocycles. The molecule has 6 heteroatoms. The molecule has 308 valence electrons. The van der Waals surface area contributed by atoms with Gasteiger partial charge >= 0.3 is 17.9 Å². The van der Waals surface area contributed by atoms with Crippen LogP contribution >= 0.6 is 0 Å². The molecule has 1 unspecified atom stereocenters. The number of allylic oxidation sites excluding steroid dienone is 18. The maximum absolute atomic E-state index is 12.7. The average Bonchev–Trinajstić information content (AvgIpc) is 3.18. The quantitative estimate of drug-likeness (QED) is 0.0208. The SMILES string of the molecule is CC\C=C/C=C\C=C/C=C\CCCCCCCC(=O)OCC(COC(=O)CCC/C=C\CCCCCC)OC(=O)CCCCC\C=C/C=C\C=C/C=C\CC. The van der Waals surface area contributed by atoms with Gasteiger partial charge in [0.2, 0.25) is 0 Å². The number of unbranched alkanes of at least 4 members (excludes halogenated alkanes) is 13. The van der Waals surface area contributed by atoms with Gasteiger partial charge in [0.05, 0.1) is 0 Å². The van der Waals surface area contributed by atoms with Gasteiger partial charge < -0.3 is 14.2 Å². The molecule has 1 atom stereocenters. The van der Waals surface area contributed by atoms with Crippen LogP contribution in [0.3, 0.4) is 0 Å². The lowest BCUT2D eigenvalue weighted by Crippen LogP contribution is -2.30. The van der Waals surface area contributed by atoms with Crippen molar-refractivity contribution in [3.8, 4) is 0 Å². The molecule has 55 heavy (non-hydrogen) atoms. The highest BCUT2D eigenvalue weighted by Crippen LogP contribution is 2.11. The molecule has 0 aromatic carbocycles. The van der Waals surface area contributed by atoms with Crippen molar-refractivity contribution >= 4 is 17.9 Å². The highest BCUT2D eigenvalue weighted by Gasteiger charge is 2.19. The van der Waals surface area contributed by atoms with Gasteiger partial charge in [-0.2, -0.15) is 0 Å². The van der Waals surface area contributed by atoms with Crippen LogP contribution in [0.15, 0.2) is 109 Å². The summed E-state index contributed by atoms with van der Waals surface area (Å²) in [4.78, 5) is 37.6. The summed E-state index contributed by atoms with van der Waals surface area (Å²) >= 11 is 0. The highest BCUT2D eigenvalue weighted by atomic mass is 16.6. The van der Waals surface area contributed by atoms with Crippen LogP contribution in [0.25, 0.3) is 0 Å². The minimum absolute atomic E-state index is 0.118. The zero-order valence-electron chi connectivity index (χ0n) is 34.9. The number of ether oxygens (including phenoxy) is 3. The monoisotopic (exact) mass is 761 g/mol. The van der Waals surface area contributed by atoms with E-state index in [1.807, 2.05) is 60.8 Å². The molecule has 0 radical (unpaired) electrons. The molecule has 0 spiro atoms. The minimum Gasteiger partial charge on any atom is -0.462 e. The predicted molar refractivity (Wildman–Crippen MR) is 233 cm³/mol. The average molecular weight is 761 g/mol. The molecular formula is C49H76O6. The molecule has 0 N–H and O–H groups in total. The second kappa shape index (κ2) is 42.8. The van der Waals surface area contributed by atoms with Gasteiger partial charge in [-0.3, -0.25) is 14.4 Å². The second-order valence-corrected chi connectivity index (χ2v) is 13.7. The fourth-order valence-corrected chi connectivity index (χ4v) is 5.23. The first-order valence-electron chi connectivity index (χ1n) is 21.5. The van der Waals surface area contributed by atoms with E-state index < -0.39 is 6.10 Å². The molecule has 6 nitrogen and oxygen atoms in total. The maximum atomic E-state index is 12.7. The Balaban J connectivity index is 4.54. The summed E-state index contributed by atoms with van der Waals surface area (Å²) in [5.41, 5.74) is 0. The van der Waals surface area contributed by atoms with Crippen LogP contribution in [0.1, 0.15) is 162 Å². The zero-order chi connectivity index (χ0) is 40.1. The van der Waals surface area contributed by atoms with E-state index >= 15 is 0 Å². The van der Waals surface area contributed by atoms with Crippen molar-refractivity contribution in [1.29, 1.82) is 0 Å². The first-order chi connectivity index (χ1) is 27.0. The molecule has 0 bridgehead atoms. The smallest absolute Gasteiger partial charge is 0.306 e. The van der Waals surface area contributed by atoms with Crippen molar-refractivity contribution < 1.29 is 28.6 Å². The van der Waals surface area contributed by atoms with Crippen molar-refractivity contribution in [1.82, 2.24) is 0 Å². The second-order valence-electron chi connectivity index (χ2n) is 13.7. The number of hydrogen-bond donors (Lipinski definition) is 0. The lowest BCUT2D eigenvalue weighted by Gasteiger charge is -2.18. The van der Waals surface area contributed by atoms with Crippen LogP contribution < -0.4 is 0 Å². The lowest BCUT2D eigenvalue weighted by molar-refractivity contribution is -0.167. The largest absolute Gasteiger partial charge is 0.462 e. The Hall–Kier alpha value is -3.93. The third-order valence-electron chi connectivity index (χ3n) is 8.43. The molecule has 0 fully saturated rings. The van der Waals surface area contributed by atoms with Gasteiger partial charge in [0.25, 0.3) is 0 Å². The van der Waals surface area contributed by atoms with Crippen molar-refractivity contribution in [3.05, 3.63) is 109 Å². The number of carbonyl (C=O) groups is 3. The van der Waals surface area contributed by atoms with Crippen LogP contribution in [0.2, 0.25) is 0 Å². The van der Waals surface area contributed by atoms with E-state index in [0.717, 1.165) is 83.5 Å². The van der Waals surface area contributed by atoms with Crippen LogP contribution in [-0.2, 0) is 28.6 Å². The molecule has 0 rings (SSSR count). The molecule has 0 amide bonds. The first kappa shape index (κ1) is 51.1. The van der Waals surface area contributed by atoms with Crippen molar-refractivity contribution in [2.45, 2.75) is 168 Å². The Morgan fingerprint density at radius 2 is 0.745 bits per heavy atom. The predicted octanol–water partition coefficient (Wildman–Crippen LogP) is 13.6. The van der Waals surface area contributed by atoms with E-state index in [1.165, 1.54) is 25.7 Å². The third-order valence-corrected chi connectivity index (χ3v) is 8.43. The van der Waals surface area contributed by atoms with Crippen molar-refractivity contribution in [2.24, 2.45) is 0 Å². The van der Waals surface area contributed by atoms with Crippen LogP contribution in [0.5, 0.6) is 0 Å². The van der Waals surface area contributed by atoms with Crippen LogP contribution in [0, 0.1) is 0 Å². The van der Waals surface area contributed by atoms with E-state index in [0.29, 0.717) is 25.7 Å². The normalized spacial score (nSPS) is 13.1. The van der Waals surface area contributed by atoms with Crippen LogP contribution in [-0.4, -0.2) is 37.2 Å². The summed E-state index contributed by atoms with van der Waals surface area (Å²) in [5, 5.41) is 0. The fourth-order valence-electron chi connectivity index (χ4n) is 5.23. The van der Waals surface area contributed by atoms with Gasteiger partial charge in [-0.25, -0.2) is 0 Å². The molecule has 0 saturated carbocycles. The molecule has 0 aromatic rings. The summed E-state index contributed by atoms with van der Waals surface area (Å²) in [7, 11) is 0. The fraction of sp³-hybridized carbons (Fsp3) is 0.571. The van der Waals surface area contributed by atoms with Crippen molar-refractivity contribution in [2.75, 3.05) is 13.2 Å². The molecule has 0 saturated heterocycles. The van der Waals surface area contributed by atoms with E-state index in [9.17, 15) is 14.4 Å². The Morgan fingerprint density at radius 3 is 1.25 bits per heavy atom. The first-order valence-corrected chi connectivity index (χ1v) is 21.5. The van der Waals surface area contributed by atoms with Gasteiger partial charge in [-0.1, -0.05) is 175 Å². The Bertz CT molecular complexity index is 1200. The summed E-state index contributed by atoms with van der Waals surface area (Å²) in [6.07, 6.45) is 56.5. The van der Waals surface area contributed by atoms with E-state index in [2.05, 4.69) is 69.4 Å². The summed E-state index contributed by atoms with van der Waals surface area (Å²) in [6, 6.07) is 0. The molecule has 0 aliphatic heterocycles. The van der Waals surface area contributed by atoms with Gasteiger partial charge in [-0.05, 0) is 77.0 Å². The Morgan fingerprint density at radius 1 is 0.382 bits per heavy atom. The summed E-state index contributed by atoms with van der Waals surface area (Å²) in [5.74, 6) is -1.03. The number of esters is 3. The number of carbonyl (C=O) groups excluding carboxylic acids is 3. The molecule has 0 aliphatic carbocycles. The van der Waals surface area contributed by atoms with Gasteiger partial charge in [0, 0.05) is 19.3 Å². The summed E-state index contributed by atoms with van der Waals surface area (Å²) < 4.78 is 16.6. The molecule has 0 heterocycles. The Labute approximate surface area is 336 Å². The minimum atomic E-state index is -0.818. The lowest BCUT2D eigenvalue weighted by atomic mass is 10.1. The third kappa shape index (κ3) is 41.1. The maximum Gasteiger partial charge on any atom is 0.306 e. The standard InChI is InChI=1S/C49H76O6/c1-4-7-10-13-16-19-21-23-24-26-27-30-33-36-39-42-48(51)54-45-46(44-53-47(50)41-38-35-32-29-18-15-12-9-6-3)55-49(52)43-40-37-34-31-28-25-22-20-17-14-11-8-5-2/h7-8,10-11,13-14,16-17,19-25,28-29,32,46H,4-6,9,12,15,18,26-27,30-31,33-45H2,1-3H3/b10-7-,11-8-,16-13-,17-14-,21-19-,22-20-,24-23-,28-25-,32-29-. The topological polar surface area (TPSA) is 78.9 Å². The van der Waals surface area contributed by atoms with Gasteiger partial charge in [-0.15, -0.1) is 0 Å². The van der Waals surface area contributed by atoms with E-state index in [1.54, 1.807) is 0 Å². The van der Waals surface area contributed by atoms with Gasteiger partial charge in [0.15, 0.2) is 6.10 Å².